The van der Waals surface area contributed by atoms with Crippen LogP contribution in [0.5, 0.6) is 0 Å². The maximum atomic E-state index is 4.98. The van der Waals surface area contributed by atoms with Crippen LogP contribution in [0.1, 0.15) is 49.1 Å². The molecule has 0 bridgehead atoms. The van der Waals surface area contributed by atoms with Crippen LogP contribution in [-0.2, 0) is 32.0 Å². The summed E-state index contributed by atoms with van der Waals surface area (Å²) in [6.45, 7) is 11.7. The molecule has 27 heavy (non-hydrogen) atoms. The summed E-state index contributed by atoms with van der Waals surface area (Å²) < 4.78 is 2.27. The zero-order chi connectivity index (χ0) is 19.2. The SMILES string of the molecule is Cc1[nH]cnc1CN1CCc2nc(-c3ccc(C(C)(C)C)cc3)n(C)c2C1. The summed E-state index contributed by atoms with van der Waals surface area (Å²) in [5.74, 6) is 1.07. The van der Waals surface area contributed by atoms with Crippen molar-refractivity contribution in [1.82, 2.24) is 24.4 Å². The van der Waals surface area contributed by atoms with Crippen LogP contribution in [0.25, 0.3) is 11.4 Å². The van der Waals surface area contributed by atoms with Crippen LogP contribution < -0.4 is 0 Å². The Morgan fingerprint density at radius 2 is 1.89 bits per heavy atom. The lowest BCUT2D eigenvalue weighted by Gasteiger charge is -2.26. The van der Waals surface area contributed by atoms with Gasteiger partial charge in [0.05, 0.1) is 23.4 Å². The van der Waals surface area contributed by atoms with Gasteiger partial charge in [-0.15, -0.1) is 0 Å². The second-order valence-electron chi connectivity index (χ2n) is 8.65. The maximum absolute atomic E-state index is 4.98. The second-order valence-corrected chi connectivity index (χ2v) is 8.65. The molecule has 142 valence electrons. The van der Waals surface area contributed by atoms with Crippen molar-refractivity contribution in [3.05, 3.63) is 58.9 Å². The van der Waals surface area contributed by atoms with Gasteiger partial charge in [-0.2, -0.15) is 0 Å². The number of aryl methyl sites for hydroxylation is 1. The summed E-state index contributed by atoms with van der Waals surface area (Å²) in [5, 5.41) is 0. The van der Waals surface area contributed by atoms with Crippen molar-refractivity contribution in [2.75, 3.05) is 6.54 Å². The number of nitrogens with one attached hydrogen (secondary N) is 1. The number of imidazole rings is 2. The smallest absolute Gasteiger partial charge is 0.140 e. The number of fused-ring (bicyclic) bond motifs is 1. The number of hydrogen-bond acceptors (Lipinski definition) is 3. The van der Waals surface area contributed by atoms with E-state index in [-0.39, 0.29) is 5.41 Å². The zero-order valence-electron chi connectivity index (χ0n) is 17.0. The first-order chi connectivity index (χ1) is 12.8. The number of nitrogens with zero attached hydrogens (tertiary/aromatic N) is 4. The minimum absolute atomic E-state index is 0.171. The molecule has 0 spiro atoms. The molecular weight excluding hydrogens is 334 g/mol. The predicted molar refractivity (Wildman–Crippen MR) is 108 cm³/mol. The van der Waals surface area contributed by atoms with Crippen LogP contribution >= 0.6 is 0 Å². The Hall–Kier alpha value is -2.40. The normalized spacial score (nSPS) is 15.1. The quantitative estimate of drug-likeness (QED) is 0.766. The molecule has 1 aliphatic rings. The molecule has 1 aromatic carbocycles. The third-order valence-electron chi connectivity index (χ3n) is 5.65. The molecule has 1 aliphatic heterocycles. The van der Waals surface area contributed by atoms with Crippen LogP contribution in [0.3, 0.4) is 0 Å². The van der Waals surface area contributed by atoms with Crippen molar-refractivity contribution in [2.45, 2.75) is 52.6 Å². The predicted octanol–water partition coefficient (Wildman–Crippen LogP) is 3.97. The third kappa shape index (κ3) is 3.44. The summed E-state index contributed by atoms with van der Waals surface area (Å²) in [4.78, 5) is 15.1. The second kappa shape index (κ2) is 6.64. The van der Waals surface area contributed by atoms with Gasteiger partial charge in [0.2, 0.25) is 0 Å². The molecule has 5 heteroatoms. The fourth-order valence-electron chi connectivity index (χ4n) is 3.81. The number of hydrogen-bond donors (Lipinski definition) is 1. The van der Waals surface area contributed by atoms with Gasteiger partial charge in [-0.3, -0.25) is 4.90 Å². The van der Waals surface area contributed by atoms with Crippen molar-refractivity contribution < 1.29 is 0 Å². The standard InChI is InChI=1S/C22H29N5/c1-15-19(24-14-23-15)12-27-11-10-18-20(13-27)26(5)21(25-18)16-6-8-17(9-7-16)22(2,3)4/h6-9,14H,10-13H2,1-5H3,(H,23,24). The van der Waals surface area contributed by atoms with Crippen LogP contribution in [0.4, 0.5) is 0 Å². The Balaban J connectivity index is 1.58. The molecule has 0 atom stereocenters. The number of H-pyrrole nitrogens is 1. The average Bonchev–Trinajstić information content (AvgIpc) is 3.18. The first kappa shape index (κ1) is 18.0. The van der Waals surface area contributed by atoms with E-state index in [9.17, 15) is 0 Å². The number of benzene rings is 1. The lowest BCUT2D eigenvalue weighted by Crippen LogP contribution is -2.31. The molecule has 3 heterocycles. The van der Waals surface area contributed by atoms with Crippen molar-refractivity contribution in [3.8, 4) is 11.4 Å². The molecule has 0 fully saturated rings. The third-order valence-corrected chi connectivity index (χ3v) is 5.65. The Bertz CT molecular complexity index is 940. The van der Waals surface area contributed by atoms with Crippen LogP contribution in [0.15, 0.2) is 30.6 Å². The molecule has 0 unspecified atom stereocenters. The first-order valence-electron chi connectivity index (χ1n) is 9.69. The summed E-state index contributed by atoms with van der Waals surface area (Å²) >= 11 is 0. The Labute approximate surface area is 161 Å². The van der Waals surface area contributed by atoms with Gasteiger partial charge < -0.3 is 9.55 Å². The van der Waals surface area contributed by atoms with E-state index in [0.717, 1.165) is 43.3 Å². The van der Waals surface area contributed by atoms with Gasteiger partial charge in [0, 0.05) is 44.4 Å². The molecule has 0 saturated carbocycles. The molecule has 0 amide bonds. The molecule has 0 saturated heterocycles. The van der Waals surface area contributed by atoms with Gasteiger partial charge in [-0.05, 0) is 17.9 Å². The highest BCUT2D eigenvalue weighted by molar-refractivity contribution is 5.58. The van der Waals surface area contributed by atoms with Gasteiger partial charge in [0.1, 0.15) is 5.82 Å². The number of aromatic amines is 1. The van der Waals surface area contributed by atoms with Gasteiger partial charge in [0.15, 0.2) is 0 Å². The fraction of sp³-hybridized carbons (Fsp3) is 0.455. The lowest BCUT2D eigenvalue weighted by atomic mass is 9.87. The minimum atomic E-state index is 0.171. The van der Waals surface area contributed by atoms with E-state index in [1.807, 2.05) is 0 Å². The minimum Gasteiger partial charge on any atom is -0.348 e. The first-order valence-corrected chi connectivity index (χ1v) is 9.69. The summed E-state index contributed by atoms with van der Waals surface area (Å²) in [5.41, 5.74) is 7.57. The van der Waals surface area contributed by atoms with Gasteiger partial charge in [0.25, 0.3) is 0 Å². The van der Waals surface area contributed by atoms with Crippen molar-refractivity contribution in [3.63, 3.8) is 0 Å². The molecular formula is C22H29N5. The Morgan fingerprint density at radius 1 is 1.15 bits per heavy atom. The lowest BCUT2D eigenvalue weighted by molar-refractivity contribution is 0.235. The molecule has 3 aromatic rings. The van der Waals surface area contributed by atoms with Crippen LogP contribution in [0.2, 0.25) is 0 Å². The highest BCUT2D eigenvalue weighted by atomic mass is 15.2. The molecule has 4 rings (SSSR count). The summed E-state index contributed by atoms with van der Waals surface area (Å²) in [7, 11) is 2.14. The van der Waals surface area contributed by atoms with E-state index < -0.39 is 0 Å². The Kier molecular flexibility index (Phi) is 4.42. The van der Waals surface area contributed by atoms with E-state index in [1.54, 1.807) is 6.33 Å². The van der Waals surface area contributed by atoms with Crippen molar-refractivity contribution >= 4 is 0 Å². The average molecular weight is 364 g/mol. The molecule has 0 aliphatic carbocycles. The summed E-state index contributed by atoms with van der Waals surface area (Å²) in [6.07, 6.45) is 2.77. The van der Waals surface area contributed by atoms with Gasteiger partial charge >= 0.3 is 0 Å². The Morgan fingerprint density at radius 3 is 2.52 bits per heavy atom. The van der Waals surface area contributed by atoms with Crippen molar-refractivity contribution in [1.29, 1.82) is 0 Å². The monoisotopic (exact) mass is 363 g/mol. The molecule has 2 aromatic heterocycles. The number of aromatic nitrogens is 4. The largest absolute Gasteiger partial charge is 0.348 e. The van der Waals surface area contributed by atoms with E-state index in [0.29, 0.717) is 0 Å². The molecule has 1 N–H and O–H groups in total. The highest BCUT2D eigenvalue weighted by Gasteiger charge is 2.24. The van der Waals surface area contributed by atoms with Crippen LogP contribution in [0, 0.1) is 6.92 Å². The van der Waals surface area contributed by atoms with E-state index in [4.69, 9.17) is 4.98 Å². The maximum Gasteiger partial charge on any atom is 0.140 e. The van der Waals surface area contributed by atoms with Gasteiger partial charge in [-0.25, -0.2) is 9.97 Å². The molecule has 0 radical (unpaired) electrons. The number of rotatable bonds is 3. The van der Waals surface area contributed by atoms with Crippen LogP contribution in [-0.4, -0.2) is 31.0 Å². The highest BCUT2D eigenvalue weighted by Crippen LogP contribution is 2.29. The van der Waals surface area contributed by atoms with E-state index >= 15 is 0 Å². The van der Waals surface area contributed by atoms with Gasteiger partial charge in [-0.1, -0.05) is 45.0 Å². The van der Waals surface area contributed by atoms with Crippen molar-refractivity contribution in [2.24, 2.45) is 7.05 Å². The van der Waals surface area contributed by atoms with E-state index in [2.05, 4.69) is 78.4 Å². The summed E-state index contributed by atoms with van der Waals surface area (Å²) in [6, 6.07) is 8.88. The fourth-order valence-corrected chi connectivity index (χ4v) is 3.81. The van der Waals surface area contributed by atoms with E-state index in [1.165, 1.54) is 22.5 Å². The zero-order valence-corrected chi connectivity index (χ0v) is 17.0. The molecule has 5 nitrogen and oxygen atoms in total. The topological polar surface area (TPSA) is 49.7 Å².